The number of allylic oxidation sites excluding steroid dienone is 6. The molecule has 0 heterocycles. The molecule has 0 aromatic carbocycles. The lowest BCUT2D eigenvalue weighted by molar-refractivity contribution is -0.153. The van der Waals surface area contributed by atoms with Crippen LogP contribution in [0.1, 0.15) is 304 Å². The number of hydrogen-bond donors (Lipinski definition) is 2. The lowest BCUT2D eigenvalue weighted by atomic mass is 9.93. The number of carbonyl (C=O) groups is 4. The Morgan fingerprint density at radius 3 is 1.09 bits per heavy atom. The third-order valence-electron chi connectivity index (χ3n) is 12.6. The van der Waals surface area contributed by atoms with Gasteiger partial charge in [-0.1, -0.05) is 212 Å². The topological polar surface area (TPSA) is 110 Å². The van der Waals surface area contributed by atoms with Crippen molar-refractivity contribution in [3.63, 3.8) is 0 Å². The number of aliphatic carboxylic acids is 1. The van der Waals surface area contributed by atoms with E-state index in [1.165, 1.54) is 173 Å². The maximum absolute atomic E-state index is 12.7. The van der Waals surface area contributed by atoms with E-state index in [1.54, 1.807) is 6.92 Å². The fourth-order valence-corrected chi connectivity index (χ4v) is 8.14. The Balaban J connectivity index is 0. The van der Waals surface area contributed by atoms with Gasteiger partial charge in [-0.2, -0.15) is 0 Å². The molecule has 0 aromatic heterocycles. The Kier molecular flexibility index (Phi) is 54.4. The molecule has 0 saturated carbocycles. The Hall–Kier alpha value is -2.70. The zero-order chi connectivity index (χ0) is 48.8. The molecule has 2 unspecified atom stereocenters. The van der Waals surface area contributed by atoms with Crippen LogP contribution < -0.4 is 5.32 Å². The molecule has 0 aliphatic heterocycles. The van der Waals surface area contributed by atoms with Gasteiger partial charge in [0.05, 0.1) is 0 Å². The van der Waals surface area contributed by atoms with Crippen LogP contribution in [0.4, 0.5) is 0 Å². The molecule has 66 heavy (non-hydrogen) atoms. The molecule has 7 heteroatoms. The van der Waals surface area contributed by atoms with Crippen LogP contribution in [0, 0.1) is 5.92 Å². The predicted octanol–water partition coefficient (Wildman–Crippen LogP) is 18.4. The maximum atomic E-state index is 12.7. The highest BCUT2D eigenvalue weighted by molar-refractivity contribution is 5.85. The molecule has 0 radical (unpaired) electrons. The van der Waals surface area contributed by atoms with Crippen molar-refractivity contribution >= 4 is 23.6 Å². The van der Waals surface area contributed by atoms with Gasteiger partial charge in [0.1, 0.15) is 5.78 Å². The summed E-state index contributed by atoms with van der Waals surface area (Å²) < 4.78 is 5.54. The summed E-state index contributed by atoms with van der Waals surface area (Å²) in [5, 5.41) is 11.3. The van der Waals surface area contributed by atoms with Gasteiger partial charge in [0.2, 0.25) is 5.91 Å². The van der Waals surface area contributed by atoms with E-state index in [0.717, 1.165) is 70.6 Å². The third kappa shape index (κ3) is 53.9. The smallest absolute Gasteiger partial charge is 0.307 e. The largest absolute Gasteiger partial charge is 0.481 e. The average molecular weight is 929 g/mol. The van der Waals surface area contributed by atoms with Gasteiger partial charge < -0.3 is 15.2 Å². The Morgan fingerprint density at radius 1 is 0.439 bits per heavy atom. The van der Waals surface area contributed by atoms with E-state index >= 15 is 0 Å². The van der Waals surface area contributed by atoms with Gasteiger partial charge in [-0.3, -0.25) is 19.2 Å². The van der Waals surface area contributed by atoms with Crippen LogP contribution in [-0.2, 0) is 23.9 Å². The zero-order valence-electron chi connectivity index (χ0n) is 44.3. The van der Waals surface area contributed by atoms with Gasteiger partial charge in [0.15, 0.2) is 6.23 Å². The van der Waals surface area contributed by atoms with Gasteiger partial charge in [-0.05, 0) is 103 Å². The van der Waals surface area contributed by atoms with Gasteiger partial charge >= 0.3 is 11.9 Å². The number of carboxylic acids is 1. The first-order valence-electron chi connectivity index (χ1n) is 28.4. The molecular formula is C59H109NO6. The number of nitrogens with one attached hydrogen (secondary N) is 1. The highest BCUT2D eigenvalue weighted by atomic mass is 16.6. The van der Waals surface area contributed by atoms with Crippen LogP contribution in [-0.4, -0.2) is 35.0 Å². The van der Waals surface area contributed by atoms with E-state index in [0.29, 0.717) is 19.3 Å². The van der Waals surface area contributed by atoms with Crippen molar-refractivity contribution in [3.05, 3.63) is 36.5 Å². The van der Waals surface area contributed by atoms with E-state index in [-0.39, 0.29) is 30.0 Å². The van der Waals surface area contributed by atoms with E-state index < -0.39 is 12.2 Å². The molecule has 1 amide bonds. The normalized spacial score (nSPS) is 12.4. The minimum absolute atomic E-state index is 0.0585. The second kappa shape index (κ2) is 54.9. The number of Topliss-reactive ketones (excluding diaryl/α,β-unsaturated/α-hetero) is 1. The lowest BCUT2D eigenvalue weighted by Crippen LogP contribution is -2.39. The summed E-state index contributed by atoms with van der Waals surface area (Å²) in [6.07, 6.45) is 61.0. The van der Waals surface area contributed by atoms with Gasteiger partial charge in [-0.25, -0.2) is 0 Å². The number of carbonyl (C=O) groups excluding carboxylic acids is 3. The van der Waals surface area contributed by atoms with Gasteiger partial charge in [-0.15, -0.1) is 0 Å². The molecule has 7 nitrogen and oxygen atoms in total. The van der Waals surface area contributed by atoms with Crippen LogP contribution in [0.15, 0.2) is 36.5 Å². The van der Waals surface area contributed by atoms with Crippen molar-refractivity contribution in [3.8, 4) is 0 Å². The molecule has 0 spiro atoms. The van der Waals surface area contributed by atoms with Crippen molar-refractivity contribution < 1.29 is 29.0 Å². The summed E-state index contributed by atoms with van der Waals surface area (Å²) in [5.41, 5.74) is 0. The predicted molar refractivity (Wildman–Crippen MR) is 284 cm³/mol. The summed E-state index contributed by atoms with van der Waals surface area (Å²) in [7, 11) is 0. The average Bonchev–Trinajstić information content (AvgIpc) is 3.29. The Labute approximate surface area is 409 Å². The minimum Gasteiger partial charge on any atom is -0.481 e. The molecule has 2 N–H and O–H groups in total. The minimum atomic E-state index is -0.664. The number of ether oxygens (including phenoxy) is 1. The van der Waals surface area contributed by atoms with Gasteiger partial charge in [0, 0.05) is 31.6 Å². The van der Waals surface area contributed by atoms with Crippen molar-refractivity contribution in [2.75, 3.05) is 0 Å². The fraction of sp³-hybridized carbons (Fsp3) is 0.831. The second-order valence-electron chi connectivity index (χ2n) is 19.2. The van der Waals surface area contributed by atoms with Crippen LogP contribution >= 0.6 is 0 Å². The first-order valence-corrected chi connectivity index (χ1v) is 28.4. The number of amides is 1. The van der Waals surface area contributed by atoms with Crippen LogP contribution in [0.2, 0.25) is 0 Å². The molecule has 0 bridgehead atoms. The van der Waals surface area contributed by atoms with Crippen molar-refractivity contribution in [1.29, 1.82) is 0 Å². The fourth-order valence-electron chi connectivity index (χ4n) is 8.14. The molecule has 2 atom stereocenters. The number of rotatable bonds is 49. The summed E-state index contributed by atoms with van der Waals surface area (Å²) in [4.78, 5) is 47.6. The molecule has 0 aromatic rings. The van der Waals surface area contributed by atoms with Crippen LogP contribution in [0.25, 0.3) is 0 Å². The van der Waals surface area contributed by atoms with E-state index in [1.807, 2.05) is 6.92 Å². The van der Waals surface area contributed by atoms with Crippen molar-refractivity contribution in [2.45, 2.75) is 311 Å². The first kappa shape index (κ1) is 65.4. The summed E-state index contributed by atoms with van der Waals surface area (Å²) in [5.74, 6) is -1.34. The molecule has 0 fully saturated rings. The monoisotopic (exact) mass is 928 g/mol. The zero-order valence-corrected chi connectivity index (χ0v) is 44.3. The third-order valence-corrected chi connectivity index (χ3v) is 12.6. The first-order chi connectivity index (χ1) is 32.2. The lowest BCUT2D eigenvalue weighted by Gasteiger charge is -2.20. The van der Waals surface area contributed by atoms with Crippen molar-refractivity contribution in [2.24, 2.45) is 5.92 Å². The van der Waals surface area contributed by atoms with Gasteiger partial charge in [0.25, 0.3) is 0 Å². The number of hydrogen-bond acceptors (Lipinski definition) is 5. The molecule has 0 rings (SSSR count). The molecule has 0 aliphatic carbocycles. The SMILES string of the molecule is CCCCCCCCC=CCCCCCCCC(=O)O.CCCCCCCCC=CCCCCCCCC(=O)OC(CC)NC(=O)CC(CCCCCC=CCCCCCCCC)C(C)=O. The number of unbranched alkanes of at least 4 members (excludes halogenated alkanes) is 31. The Morgan fingerprint density at radius 2 is 0.758 bits per heavy atom. The van der Waals surface area contributed by atoms with E-state index in [4.69, 9.17) is 9.84 Å². The summed E-state index contributed by atoms with van der Waals surface area (Å²) >= 11 is 0. The number of carboxylic acid groups (broad SMARTS) is 1. The quantitative estimate of drug-likeness (QED) is 0.0272. The van der Waals surface area contributed by atoms with E-state index in [2.05, 4.69) is 62.5 Å². The summed E-state index contributed by atoms with van der Waals surface area (Å²) in [6, 6.07) is 0. The van der Waals surface area contributed by atoms with Crippen LogP contribution in [0.3, 0.4) is 0 Å². The maximum Gasteiger partial charge on any atom is 0.307 e. The highest BCUT2D eigenvalue weighted by Crippen LogP contribution is 2.18. The molecule has 0 saturated heterocycles. The molecule has 386 valence electrons. The van der Waals surface area contributed by atoms with Crippen molar-refractivity contribution in [1.82, 2.24) is 5.32 Å². The number of esters is 1. The summed E-state index contributed by atoms with van der Waals surface area (Å²) in [6.45, 7) is 10.2. The molecular weight excluding hydrogens is 819 g/mol. The van der Waals surface area contributed by atoms with Crippen LogP contribution in [0.5, 0.6) is 0 Å². The number of ketones is 1. The second-order valence-corrected chi connectivity index (χ2v) is 19.2. The molecule has 0 aliphatic rings. The Bertz CT molecular complexity index is 1160. The highest BCUT2D eigenvalue weighted by Gasteiger charge is 2.21. The van der Waals surface area contributed by atoms with E-state index in [9.17, 15) is 19.2 Å². The standard InChI is InChI=1S/C41H75NO4.C18H34O2/c1-5-8-10-12-14-16-18-20-21-23-25-27-29-31-33-35-41(45)46-40(7-3)42-39(44)36-38(37(4)43)34-32-30-28-26-24-22-19-17-15-13-11-9-6-2;1-2-3-4-5-6-7-8-9-10-11-12-13-14-15-16-17-18(19)20/h20-22,24,38,40H,5-19,23,25-36H2,1-4H3,(H,42,44);9-10H,2-8,11-17H2,1H3,(H,19,20).